The van der Waals surface area contributed by atoms with Crippen molar-refractivity contribution in [3.63, 3.8) is 0 Å². The van der Waals surface area contributed by atoms with E-state index < -0.39 is 5.97 Å². The van der Waals surface area contributed by atoms with Gasteiger partial charge < -0.3 is 10.0 Å². The van der Waals surface area contributed by atoms with E-state index >= 15 is 0 Å². The number of hydrogen-bond donors (Lipinski definition) is 1. The molecule has 3 nitrogen and oxygen atoms in total. The molecule has 0 aliphatic carbocycles. The molecule has 1 aliphatic rings. The van der Waals surface area contributed by atoms with Crippen LogP contribution in [0, 0.1) is 17.8 Å². The third-order valence-electron chi connectivity index (χ3n) is 2.58. The molecule has 1 saturated heterocycles. The summed E-state index contributed by atoms with van der Waals surface area (Å²) in [7, 11) is 0. The lowest BCUT2D eigenvalue weighted by molar-refractivity contribution is -0.143. The quantitative estimate of drug-likeness (QED) is 0.688. The number of carboxylic acid groups (broad SMARTS) is 1. The molecular formula is C11H17NO2. The average molecular weight is 195 g/mol. The van der Waals surface area contributed by atoms with Gasteiger partial charge in [0.25, 0.3) is 0 Å². The monoisotopic (exact) mass is 195 g/mol. The summed E-state index contributed by atoms with van der Waals surface area (Å²) in [6.07, 6.45) is 2.67. The fourth-order valence-electron chi connectivity index (χ4n) is 1.80. The number of carbonyl (C=O) groups is 1. The standard InChI is InChI=1S/C11H17NO2/c1-2-3-4-7-12-8-5-6-10(9-12)11(13)14/h10H,4-9H2,1H3,(H,13,14). The molecule has 1 heterocycles. The van der Waals surface area contributed by atoms with Crippen molar-refractivity contribution in [2.45, 2.75) is 26.2 Å². The van der Waals surface area contributed by atoms with Gasteiger partial charge in [-0.3, -0.25) is 4.79 Å². The molecule has 1 rings (SSSR count). The molecule has 0 amide bonds. The second-order valence-corrected chi connectivity index (χ2v) is 3.65. The van der Waals surface area contributed by atoms with Gasteiger partial charge in [-0.25, -0.2) is 0 Å². The van der Waals surface area contributed by atoms with E-state index in [0.717, 1.165) is 32.4 Å². The van der Waals surface area contributed by atoms with Gasteiger partial charge in [0.05, 0.1) is 5.92 Å². The van der Waals surface area contributed by atoms with Crippen molar-refractivity contribution in [1.82, 2.24) is 4.90 Å². The molecule has 3 heteroatoms. The van der Waals surface area contributed by atoms with Gasteiger partial charge in [0.15, 0.2) is 0 Å². The molecule has 0 aromatic rings. The Morgan fingerprint density at radius 3 is 3.07 bits per heavy atom. The van der Waals surface area contributed by atoms with E-state index in [0.29, 0.717) is 6.54 Å². The first-order valence-electron chi connectivity index (χ1n) is 5.09. The molecule has 0 radical (unpaired) electrons. The van der Waals surface area contributed by atoms with Crippen LogP contribution in [-0.2, 0) is 4.79 Å². The topological polar surface area (TPSA) is 40.5 Å². The fraction of sp³-hybridized carbons (Fsp3) is 0.727. The molecule has 1 atom stereocenters. The fourth-order valence-corrected chi connectivity index (χ4v) is 1.80. The Morgan fingerprint density at radius 1 is 1.64 bits per heavy atom. The Balaban J connectivity index is 2.31. The number of nitrogens with zero attached hydrogens (tertiary/aromatic N) is 1. The Kier molecular flexibility index (Phi) is 4.48. The lowest BCUT2D eigenvalue weighted by atomic mass is 9.98. The second kappa shape index (κ2) is 5.66. The molecular weight excluding hydrogens is 178 g/mol. The molecule has 14 heavy (non-hydrogen) atoms. The highest BCUT2D eigenvalue weighted by molar-refractivity contribution is 5.70. The van der Waals surface area contributed by atoms with Gasteiger partial charge in [-0.2, -0.15) is 0 Å². The predicted octanol–water partition coefficient (Wildman–Crippen LogP) is 1.20. The van der Waals surface area contributed by atoms with Crippen molar-refractivity contribution in [2.24, 2.45) is 5.92 Å². The number of aliphatic carboxylic acids is 1. The lowest BCUT2D eigenvalue weighted by Crippen LogP contribution is -2.39. The summed E-state index contributed by atoms with van der Waals surface area (Å²) in [6, 6.07) is 0. The summed E-state index contributed by atoms with van der Waals surface area (Å²) in [6.45, 7) is 4.46. The number of piperidine rings is 1. The van der Waals surface area contributed by atoms with Gasteiger partial charge in [-0.15, -0.1) is 11.8 Å². The van der Waals surface area contributed by atoms with Crippen molar-refractivity contribution in [3.8, 4) is 11.8 Å². The van der Waals surface area contributed by atoms with E-state index in [2.05, 4.69) is 16.7 Å². The van der Waals surface area contributed by atoms with Gasteiger partial charge in [-0.1, -0.05) is 0 Å². The first-order chi connectivity index (χ1) is 6.74. The first-order valence-corrected chi connectivity index (χ1v) is 5.09. The summed E-state index contributed by atoms with van der Waals surface area (Å²) in [5.74, 6) is 5.02. The van der Waals surface area contributed by atoms with Crippen LogP contribution in [0.1, 0.15) is 26.2 Å². The van der Waals surface area contributed by atoms with Crippen LogP contribution in [0.3, 0.4) is 0 Å². The largest absolute Gasteiger partial charge is 0.481 e. The zero-order valence-electron chi connectivity index (χ0n) is 8.62. The van der Waals surface area contributed by atoms with Crippen LogP contribution in [0.5, 0.6) is 0 Å². The predicted molar refractivity (Wildman–Crippen MR) is 54.9 cm³/mol. The van der Waals surface area contributed by atoms with Crippen molar-refractivity contribution >= 4 is 5.97 Å². The number of likely N-dealkylation sites (tertiary alicyclic amines) is 1. The average Bonchev–Trinajstić information content (AvgIpc) is 2.19. The highest BCUT2D eigenvalue weighted by atomic mass is 16.4. The highest BCUT2D eigenvalue weighted by Gasteiger charge is 2.24. The van der Waals surface area contributed by atoms with E-state index in [4.69, 9.17) is 5.11 Å². The van der Waals surface area contributed by atoms with Gasteiger partial charge in [0, 0.05) is 19.5 Å². The summed E-state index contributed by atoms with van der Waals surface area (Å²) in [4.78, 5) is 13.0. The molecule has 0 saturated carbocycles. The Hall–Kier alpha value is -1.01. The van der Waals surface area contributed by atoms with Crippen molar-refractivity contribution in [2.75, 3.05) is 19.6 Å². The smallest absolute Gasteiger partial charge is 0.307 e. The normalized spacial score (nSPS) is 22.5. The molecule has 1 fully saturated rings. The van der Waals surface area contributed by atoms with E-state index in [9.17, 15) is 4.79 Å². The summed E-state index contributed by atoms with van der Waals surface area (Å²) in [5, 5.41) is 8.87. The molecule has 0 aromatic heterocycles. The minimum absolute atomic E-state index is 0.168. The zero-order chi connectivity index (χ0) is 10.4. The molecule has 78 valence electrons. The van der Waals surface area contributed by atoms with Crippen LogP contribution < -0.4 is 0 Å². The van der Waals surface area contributed by atoms with E-state index in [1.54, 1.807) is 0 Å². The van der Waals surface area contributed by atoms with Crippen molar-refractivity contribution in [1.29, 1.82) is 0 Å². The van der Waals surface area contributed by atoms with Crippen molar-refractivity contribution < 1.29 is 9.90 Å². The molecule has 0 spiro atoms. The van der Waals surface area contributed by atoms with Crippen LogP contribution in [0.25, 0.3) is 0 Å². The van der Waals surface area contributed by atoms with Crippen LogP contribution in [0.2, 0.25) is 0 Å². The number of carboxylic acids is 1. The van der Waals surface area contributed by atoms with Crippen LogP contribution >= 0.6 is 0 Å². The maximum atomic E-state index is 10.8. The lowest BCUT2D eigenvalue weighted by Gasteiger charge is -2.29. The zero-order valence-corrected chi connectivity index (χ0v) is 8.62. The van der Waals surface area contributed by atoms with E-state index in [1.165, 1.54) is 0 Å². The van der Waals surface area contributed by atoms with E-state index in [1.807, 2.05) is 6.92 Å². The van der Waals surface area contributed by atoms with Gasteiger partial charge in [-0.05, 0) is 26.3 Å². The summed E-state index contributed by atoms with van der Waals surface area (Å²) >= 11 is 0. The van der Waals surface area contributed by atoms with Gasteiger partial charge in [0.2, 0.25) is 0 Å². The third kappa shape index (κ3) is 3.39. The Morgan fingerprint density at radius 2 is 2.43 bits per heavy atom. The molecule has 1 N–H and O–H groups in total. The van der Waals surface area contributed by atoms with E-state index in [-0.39, 0.29) is 5.92 Å². The third-order valence-corrected chi connectivity index (χ3v) is 2.58. The first kappa shape index (κ1) is 11.1. The minimum atomic E-state index is -0.656. The van der Waals surface area contributed by atoms with Gasteiger partial charge in [0.1, 0.15) is 0 Å². The maximum Gasteiger partial charge on any atom is 0.307 e. The minimum Gasteiger partial charge on any atom is -0.481 e. The van der Waals surface area contributed by atoms with Crippen LogP contribution in [0.15, 0.2) is 0 Å². The van der Waals surface area contributed by atoms with Crippen LogP contribution in [-0.4, -0.2) is 35.6 Å². The highest BCUT2D eigenvalue weighted by Crippen LogP contribution is 2.16. The Labute approximate surface area is 85.1 Å². The molecule has 0 bridgehead atoms. The number of rotatable bonds is 3. The van der Waals surface area contributed by atoms with Crippen LogP contribution in [0.4, 0.5) is 0 Å². The summed E-state index contributed by atoms with van der Waals surface area (Å²) < 4.78 is 0. The SMILES string of the molecule is CC#CCCN1CCCC(C(=O)O)C1. The summed E-state index contributed by atoms with van der Waals surface area (Å²) in [5.41, 5.74) is 0. The van der Waals surface area contributed by atoms with Gasteiger partial charge >= 0.3 is 5.97 Å². The number of hydrogen-bond acceptors (Lipinski definition) is 2. The maximum absolute atomic E-state index is 10.8. The second-order valence-electron chi connectivity index (χ2n) is 3.65. The molecule has 0 aromatic carbocycles. The Bertz CT molecular complexity index is 252. The molecule has 1 aliphatic heterocycles. The molecule has 1 unspecified atom stereocenters. The van der Waals surface area contributed by atoms with Crippen molar-refractivity contribution in [3.05, 3.63) is 0 Å².